The minimum Gasteiger partial charge on any atom is -0.505 e. The van der Waals surface area contributed by atoms with Crippen LogP contribution in [0.4, 0.5) is 23.4 Å². The molecule has 2 N–H and O–H groups in total. The minimum absolute atomic E-state index is 0.0853. The van der Waals surface area contributed by atoms with Crippen LogP contribution in [0.3, 0.4) is 0 Å². The molecule has 2 aromatic rings. The number of phenolic OH excluding ortho intramolecular Hbond substituents is 1. The maximum atomic E-state index is 13.6. The van der Waals surface area contributed by atoms with Crippen molar-refractivity contribution in [3.8, 4) is 17.4 Å². The van der Waals surface area contributed by atoms with E-state index in [0.29, 0.717) is 4.57 Å². The van der Waals surface area contributed by atoms with E-state index < -0.39 is 41.8 Å². The van der Waals surface area contributed by atoms with Gasteiger partial charge < -0.3 is 15.2 Å². The van der Waals surface area contributed by atoms with E-state index in [9.17, 15) is 32.3 Å². The fourth-order valence-electron chi connectivity index (χ4n) is 2.24. The van der Waals surface area contributed by atoms with E-state index in [1.807, 2.05) is 0 Å². The number of ether oxygens (including phenoxy) is 1. The highest BCUT2D eigenvalue weighted by molar-refractivity contribution is 5.97. The first-order valence-electron chi connectivity index (χ1n) is 6.80. The van der Waals surface area contributed by atoms with Crippen LogP contribution in [0.2, 0.25) is 0 Å². The highest BCUT2D eigenvalue weighted by Gasteiger charge is 2.32. The van der Waals surface area contributed by atoms with Crippen molar-refractivity contribution in [3.63, 3.8) is 0 Å². The molecule has 0 radical (unpaired) electrons. The summed E-state index contributed by atoms with van der Waals surface area (Å²) in [6.45, 7) is -1.74. The van der Waals surface area contributed by atoms with E-state index >= 15 is 0 Å². The maximum absolute atomic E-state index is 13.6. The molecule has 0 fully saturated rings. The van der Waals surface area contributed by atoms with Crippen LogP contribution < -0.4 is 15.6 Å². The molecule has 1 aliphatic rings. The average molecular weight is 359 g/mol. The topological polar surface area (TPSA) is 93.4 Å². The Bertz CT molecular complexity index is 924. The summed E-state index contributed by atoms with van der Waals surface area (Å²) in [6, 6.07) is 1.98. The van der Waals surface area contributed by atoms with Gasteiger partial charge >= 0.3 is 12.2 Å². The summed E-state index contributed by atoms with van der Waals surface area (Å²) in [7, 11) is 0. The monoisotopic (exact) mass is 359 g/mol. The molecule has 1 aromatic heterocycles. The second-order valence-corrected chi connectivity index (χ2v) is 5.13. The molecule has 2 heterocycles. The highest BCUT2D eigenvalue weighted by Crippen LogP contribution is 2.26. The van der Waals surface area contributed by atoms with E-state index in [4.69, 9.17) is 0 Å². The molecule has 0 aliphatic carbocycles. The molecule has 3 rings (SSSR count). The van der Waals surface area contributed by atoms with Crippen molar-refractivity contribution < 1.29 is 32.2 Å². The Labute approximate surface area is 136 Å². The number of aromatic hydroxyl groups is 1. The van der Waals surface area contributed by atoms with Crippen LogP contribution in [-0.4, -0.2) is 33.3 Å². The van der Waals surface area contributed by atoms with Crippen molar-refractivity contribution >= 4 is 11.7 Å². The average Bonchev–Trinajstić information content (AvgIpc) is 2.88. The fraction of sp³-hybridized carbons (Fsp3) is 0.214. The lowest BCUT2D eigenvalue weighted by molar-refractivity contribution is -0.155. The van der Waals surface area contributed by atoms with Crippen LogP contribution in [0.1, 0.15) is 5.56 Å². The first-order valence-corrected chi connectivity index (χ1v) is 6.80. The Morgan fingerprint density at radius 3 is 2.68 bits per heavy atom. The van der Waals surface area contributed by atoms with Gasteiger partial charge in [0.05, 0.1) is 17.7 Å². The zero-order chi connectivity index (χ0) is 18.4. The molecule has 7 nitrogen and oxygen atoms in total. The summed E-state index contributed by atoms with van der Waals surface area (Å²) in [5.74, 6) is -2.57. The molecule has 0 saturated carbocycles. The van der Waals surface area contributed by atoms with Crippen LogP contribution >= 0.6 is 0 Å². The molecule has 0 spiro atoms. The molecule has 1 aromatic carbocycles. The van der Waals surface area contributed by atoms with Gasteiger partial charge in [-0.2, -0.15) is 18.2 Å². The third kappa shape index (κ3) is 3.25. The minimum atomic E-state index is -4.70. The fourth-order valence-corrected chi connectivity index (χ4v) is 2.24. The number of rotatable bonds is 3. The Kier molecular flexibility index (Phi) is 3.85. The number of anilines is 1. The summed E-state index contributed by atoms with van der Waals surface area (Å²) >= 11 is 0. The van der Waals surface area contributed by atoms with Gasteiger partial charge in [0.15, 0.2) is 18.2 Å². The molecule has 11 heteroatoms. The van der Waals surface area contributed by atoms with E-state index in [2.05, 4.69) is 15.0 Å². The number of benzene rings is 1. The molecule has 0 bridgehead atoms. The number of nitrogens with zero attached hydrogens (tertiary/aromatic N) is 2. The first-order chi connectivity index (χ1) is 11.7. The van der Waals surface area contributed by atoms with Gasteiger partial charge in [0.2, 0.25) is 5.91 Å². The van der Waals surface area contributed by atoms with Crippen molar-refractivity contribution in [2.75, 3.05) is 11.9 Å². The van der Waals surface area contributed by atoms with Gasteiger partial charge in [0, 0.05) is 6.07 Å². The van der Waals surface area contributed by atoms with Gasteiger partial charge in [-0.25, -0.2) is 8.96 Å². The van der Waals surface area contributed by atoms with E-state index in [0.717, 1.165) is 18.2 Å². The van der Waals surface area contributed by atoms with Gasteiger partial charge in [0.1, 0.15) is 5.82 Å². The Hall–Kier alpha value is -3.11. The third-order valence-electron chi connectivity index (χ3n) is 3.30. The second-order valence-electron chi connectivity index (χ2n) is 5.13. The number of halogens is 4. The smallest absolute Gasteiger partial charge is 0.422 e. The normalized spacial score (nSPS) is 13.5. The lowest BCUT2D eigenvalue weighted by atomic mass is 10.2. The SMILES string of the molecule is O=C1Cc2c(nc(OCC(F)(F)F)n(-c3ccc(O)c(F)c3)c2=O)N1. The predicted molar refractivity (Wildman–Crippen MR) is 75.3 cm³/mol. The number of alkyl halides is 3. The van der Waals surface area contributed by atoms with Crippen molar-refractivity contribution in [2.24, 2.45) is 0 Å². The number of carbonyl (C=O) groups excluding carboxylic acids is 1. The largest absolute Gasteiger partial charge is 0.505 e. The van der Waals surface area contributed by atoms with Crippen molar-refractivity contribution in [2.45, 2.75) is 12.6 Å². The van der Waals surface area contributed by atoms with Crippen LogP contribution in [0.25, 0.3) is 5.69 Å². The van der Waals surface area contributed by atoms with Gasteiger partial charge in [-0.15, -0.1) is 0 Å². The Morgan fingerprint density at radius 2 is 2.04 bits per heavy atom. The first kappa shape index (κ1) is 16.7. The second kappa shape index (κ2) is 5.76. The molecule has 0 atom stereocenters. The predicted octanol–water partition coefficient (Wildman–Crippen LogP) is 1.51. The molecule has 0 saturated heterocycles. The number of aromatic nitrogens is 2. The Balaban J connectivity index is 2.17. The summed E-state index contributed by atoms with van der Waals surface area (Å²) in [5.41, 5.74) is -1.18. The van der Waals surface area contributed by atoms with Gasteiger partial charge in [-0.05, 0) is 12.1 Å². The lowest BCUT2D eigenvalue weighted by Crippen LogP contribution is -2.28. The number of nitrogens with one attached hydrogen (secondary N) is 1. The lowest BCUT2D eigenvalue weighted by Gasteiger charge is -2.15. The van der Waals surface area contributed by atoms with Crippen molar-refractivity contribution in [1.82, 2.24) is 9.55 Å². The summed E-state index contributed by atoms with van der Waals surface area (Å²) in [4.78, 5) is 27.7. The van der Waals surface area contributed by atoms with Crippen LogP contribution in [0, 0.1) is 5.82 Å². The van der Waals surface area contributed by atoms with Crippen LogP contribution in [-0.2, 0) is 11.2 Å². The van der Waals surface area contributed by atoms with E-state index in [1.165, 1.54) is 0 Å². The summed E-state index contributed by atoms with van der Waals surface area (Å²) in [5, 5.41) is 11.5. The molecular formula is C14H9F4N3O4. The molecule has 1 aliphatic heterocycles. The molecule has 25 heavy (non-hydrogen) atoms. The quantitative estimate of drug-likeness (QED) is 0.811. The zero-order valence-electron chi connectivity index (χ0n) is 12.2. The van der Waals surface area contributed by atoms with E-state index in [-0.39, 0.29) is 23.5 Å². The Morgan fingerprint density at radius 1 is 1.32 bits per heavy atom. The van der Waals surface area contributed by atoms with Crippen LogP contribution in [0.15, 0.2) is 23.0 Å². The molecule has 0 unspecified atom stereocenters. The van der Waals surface area contributed by atoms with Gasteiger partial charge in [0.25, 0.3) is 5.56 Å². The maximum Gasteiger partial charge on any atom is 0.422 e. The van der Waals surface area contributed by atoms with Crippen LogP contribution in [0.5, 0.6) is 11.8 Å². The molecule has 1 amide bonds. The number of hydrogen-bond acceptors (Lipinski definition) is 5. The zero-order valence-corrected chi connectivity index (χ0v) is 12.2. The molecule has 132 valence electrons. The number of fused-ring (bicyclic) bond motifs is 1. The third-order valence-corrected chi connectivity index (χ3v) is 3.30. The van der Waals surface area contributed by atoms with Gasteiger partial charge in [-0.3, -0.25) is 9.59 Å². The van der Waals surface area contributed by atoms with Gasteiger partial charge in [-0.1, -0.05) is 0 Å². The molecular weight excluding hydrogens is 350 g/mol. The van der Waals surface area contributed by atoms with E-state index in [1.54, 1.807) is 0 Å². The summed E-state index contributed by atoms with van der Waals surface area (Å²) < 4.78 is 56.0. The number of hydrogen-bond donors (Lipinski definition) is 2. The summed E-state index contributed by atoms with van der Waals surface area (Å²) in [6.07, 6.45) is -5.02. The number of carbonyl (C=O) groups is 1. The standard InChI is InChI=1S/C14H9F4N3O4/c15-8-3-6(1-2-9(8)22)21-12(24)7-4-10(23)19-11(7)20-13(21)25-5-14(16,17)18/h1-3,22H,4-5H2,(H,19,23). The number of phenols is 1. The van der Waals surface area contributed by atoms with Crippen molar-refractivity contribution in [3.05, 3.63) is 39.9 Å². The number of amides is 1. The van der Waals surface area contributed by atoms with Crippen molar-refractivity contribution in [1.29, 1.82) is 0 Å². The highest BCUT2D eigenvalue weighted by atomic mass is 19.4.